The predicted octanol–water partition coefficient (Wildman–Crippen LogP) is 4.19. The highest BCUT2D eigenvalue weighted by atomic mass is 16.6. The highest BCUT2D eigenvalue weighted by molar-refractivity contribution is 6.16. The number of hydrogen-bond acceptors (Lipinski definition) is 9. The van der Waals surface area contributed by atoms with E-state index in [9.17, 15) is 14.9 Å². The number of ketones is 1. The summed E-state index contributed by atoms with van der Waals surface area (Å²) in [6.45, 7) is 6.10. The standard InChI is InChI=1S/C31H35N6O7/c1-10-12-20-24(41-6)14-13-21-27(29(38)19-15-25(42-7)30(44-9)26(16-19)43-8)33-35(28(20)21)18-37(4,5)17-23-22(11-2)32-31(34(23)3)36(39)40/h11,13-16H,2,17-18H2,1,3-9H3/q+1. The fraction of sp³-hybridized carbons (Fsp3) is 0.323. The fourth-order valence-corrected chi connectivity index (χ4v) is 5.16. The van der Waals surface area contributed by atoms with Crippen LogP contribution >= 0.6 is 0 Å². The third-order valence-electron chi connectivity index (χ3n) is 7.16. The van der Waals surface area contributed by atoms with Gasteiger partial charge in [-0.25, -0.2) is 9.25 Å². The number of nitro groups is 1. The summed E-state index contributed by atoms with van der Waals surface area (Å²) in [6.07, 6.45) is 1.50. The molecule has 0 saturated heterocycles. The molecular formula is C31H35N6O7+. The molecule has 0 radical (unpaired) electrons. The number of methoxy groups -OCH3 is 4. The van der Waals surface area contributed by atoms with Crippen molar-refractivity contribution in [1.29, 1.82) is 0 Å². The Morgan fingerprint density at radius 2 is 1.73 bits per heavy atom. The molecule has 0 unspecified atom stereocenters. The van der Waals surface area contributed by atoms with Gasteiger partial charge in [-0.3, -0.25) is 4.79 Å². The van der Waals surface area contributed by atoms with Gasteiger partial charge in [-0.15, -0.1) is 5.92 Å². The summed E-state index contributed by atoms with van der Waals surface area (Å²) in [6, 6.07) is 6.70. The molecule has 230 valence electrons. The van der Waals surface area contributed by atoms with E-state index in [0.29, 0.717) is 57.4 Å². The van der Waals surface area contributed by atoms with Gasteiger partial charge in [0.25, 0.3) is 0 Å². The van der Waals surface area contributed by atoms with Crippen molar-refractivity contribution in [2.45, 2.75) is 20.1 Å². The topological polar surface area (TPSA) is 133 Å². The summed E-state index contributed by atoms with van der Waals surface area (Å²) in [5.41, 5.74) is 2.73. The Hall–Kier alpha value is -5.35. The molecule has 4 aromatic rings. The van der Waals surface area contributed by atoms with E-state index >= 15 is 0 Å². The van der Waals surface area contributed by atoms with Crippen LogP contribution in [0.5, 0.6) is 23.0 Å². The Labute approximate surface area is 254 Å². The summed E-state index contributed by atoms with van der Waals surface area (Å²) < 4.78 is 25.5. The van der Waals surface area contributed by atoms with Crippen LogP contribution in [0.15, 0.2) is 30.8 Å². The molecule has 2 aromatic heterocycles. The molecule has 44 heavy (non-hydrogen) atoms. The Morgan fingerprint density at radius 1 is 1.09 bits per heavy atom. The van der Waals surface area contributed by atoms with E-state index in [1.165, 1.54) is 32.0 Å². The van der Waals surface area contributed by atoms with Crippen LogP contribution in [-0.2, 0) is 20.3 Å². The van der Waals surface area contributed by atoms with Crippen molar-refractivity contribution in [2.24, 2.45) is 7.05 Å². The molecule has 0 N–H and O–H groups in total. The first-order valence-corrected chi connectivity index (χ1v) is 13.4. The van der Waals surface area contributed by atoms with Gasteiger partial charge in [-0.2, -0.15) is 5.10 Å². The van der Waals surface area contributed by atoms with Gasteiger partial charge in [0.05, 0.1) is 60.7 Å². The van der Waals surface area contributed by atoms with Gasteiger partial charge in [0.15, 0.2) is 29.6 Å². The zero-order valence-electron chi connectivity index (χ0n) is 26.0. The van der Waals surface area contributed by atoms with Crippen LogP contribution in [0.3, 0.4) is 0 Å². The van der Waals surface area contributed by atoms with Gasteiger partial charge in [-0.1, -0.05) is 17.5 Å². The Bertz CT molecular complexity index is 1820. The number of rotatable bonds is 12. The van der Waals surface area contributed by atoms with E-state index in [4.69, 9.17) is 24.0 Å². The van der Waals surface area contributed by atoms with Crippen molar-refractivity contribution in [3.05, 3.63) is 69.2 Å². The van der Waals surface area contributed by atoms with E-state index in [1.807, 2.05) is 14.1 Å². The van der Waals surface area contributed by atoms with Crippen LogP contribution in [0.25, 0.3) is 17.0 Å². The quantitative estimate of drug-likeness (QED) is 0.0768. The van der Waals surface area contributed by atoms with E-state index < -0.39 is 4.92 Å². The first-order valence-electron chi connectivity index (χ1n) is 13.4. The Balaban J connectivity index is 1.90. The van der Waals surface area contributed by atoms with Gasteiger partial charge in [0, 0.05) is 10.9 Å². The SMILES string of the molecule is C=Cc1nc([N+](=O)[O-])n(C)c1C[N+](C)(C)Cn1nc(C(=O)c2cc(OC)c(OC)c(OC)c2)c2ccc(OC)c(C#CC)c21. The van der Waals surface area contributed by atoms with Crippen molar-refractivity contribution in [3.63, 3.8) is 0 Å². The lowest BCUT2D eigenvalue weighted by Crippen LogP contribution is -2.41. The molecule has 13 nitrogen and oxygen atoms in total. The van der Waals surface area contributed by atoms with Crippen molar-refractivity contribution in [3.8, 4) is 34.8 Å². The summed E-state index contributed by atoms with van der Waals surface area (Å²) in [5.74, 6) is 6.97. The molecule has 2 aromatic carbocycles. The van der Waals surface area contributed by atoms with Crippen LogP contribution in [0.4, 0.5) is 5.95 Å². The molecule has 0 fully saturated rings. The maximum absolute atomic E-state index is 14.1. The summed E-state index contributed by atoms with van der Waals surface area (Å²) in [4.78, 5) is 29.3. The first kappa shape index (κ1) is 31.6. The van der Waals surface area contributed by atoms with E-state index in [0.717, 1.165) is 0 Å². The molecule has 0 bridgehead atoms. The first-order chi connectivity index (χ1) is 20.9. The van der Waals surface area contributed by atoms with Crippen molar-refractivity contribution in [1.82, 2.24) is 19.3 Å². The second kappa shape index (κ2) is 12.5. The molecule has 4 rings (SSSR count). The molecule has 13 heteroatoms. The largest absolute Gasteiger partial charge is 0.495 e. The number of aromatic nitrogens is 4. The lowest BCUT2D eigenvalue weighted by Gasteiger charge is -2.29. The number of quaternary nitrogens is 1. The van der Waals surface area contributed by atoms with Crippen molar-refractivity contribution >= 4 is 28.7 Å². The minimum Gasteiger partial charge on any atom is -0.495 e. The maximum atomic E-state index is 14.1. The second-order valence-corrected chi connectivity index (χ2v) is 10.5. The zero-order valence-corrected chi connectivity index (χ0v) is 26.0. The van der Waals surface area contributed by atoms with Crippen LogP contribution < -0.4 is 18.9 Å². The van der Waals surface area contributed by atoms with Crippen molar-refractivity contribution in [2.75, 3.05) is 42.5 Å². The highest BCUT2D eigenvalue weighted by Gasteiger charge is 2.32. The zero-order chi connectivity index (χ0) is 32.3. The Morgan fingerprint density at radius 3 is 2.25 bits per heavy atom. The number of carbonyl (C=O) groups excluding carboxylic acids is 1. The number of benzene rings is 2. The number of imidazole rings is 1. The molecule has 0 aliphatic rings. The third kappa shape index (κ3) is 5.67. The molecule has 2 heterocycles. The monoisotopic (exact) mass is 603 g/mol. The molecule has 0 atom stereocenters. The number of ether oxygens (including phenoxy) is 4. The smallest absolute Gasteiger partial charge is 0.435 e. The number of hydrogen-bond donors (Lipinski definition) is 0. The van der Waals surface area contributed by atoms with E-state index in [1.54, 1.807) is 50.0 Å². The molecule has 0 amide bonds. The number of nitrogens with zero attached hydrogens (tertiary/aromatic N) is 6. The number of fused-ring (bicyclic) bond motifs is 1. The van der Waals surface area contributed by atoms with Crippen molar-refractivity contribution < 1.29 is 33.1 Å². The lowest BCUT2D eigenvalue weighted by atomic mass is 10.0. The van der Waals surface area contributed by atoms with Gasteiger partial charge in [0.2, 0.25) is 11.5 Å². The minimum absolute atomic E-state index is 0.194. The average molecular weight is 604 g/mol. The van der Waals surface area contributed by atoms with Crippen LogP contribution in [0.1, 0.15) is 39.9 Å². The lowest BCUT2D eigenvalue weighted by molar-refractivity contribution is -0.926. The van der Waals surface area contributed by atoms with E-state index in [-0.39, 0.29) is 34.1 Å². The summed E-state index contributed by atoms with van der Waals surface area (Å²) in [5, 5.41) is 17.0. The predicted molar refractivity (Wildman–Crippen MR) is 164 cm³/mol. The molecule has 0 saturated carbocycles. The summed E-state index contributed by atoms with van der Waals surface area (Å²) in [7, 11) is 11.5. The summed E-state index contributed by atoms with van der Waals surface area (Å²) >= 11 is 0. The van der Waals surface area contributed by atoms with Crippen LogP contribution in [-0.4, -0.2) is 77.1 Å². The molecular weight excluding hydrogens is 568 g/mol. The highest BCUT2D eigenvalue weighted by Crippen LogP contribution is 2.39. The van der Waals surface area contributed by atoms with Crippen LogP contribution in [0.2, 0.25) is 0 Å². The van der Waals surface area contributed by atoms with Gasteiger partial charge >= 0.3 is 5.95 Å². The maximum Gasteiger partial charge on any atom is 0.435 e. The van der Waals surface area contributed by atoms with Gasteiger partial charge in [0.1, 0.15) is 18.0 Å². The average Bonchev–Trinajstić information content (AvgIpc) is 3.52. The third-order valence-corrected chi connectivity index (χ3v) is 7.16. The number of carbonyl (C=O) groups is 1. The molecule has 0 spiro atoms. The van der Waals surface area contributed by atoms with Crippen LogP contribution in [0, 0.1) is 22.0 Å². The fourth-order valence-electron chi connectivity index (χ4n) is 5.16. The minimum atomic E-state index is -0.527. The van der Waals surface area contributed by atoms with E-state index in [2.05, 4.69) is 23.4 Å². The van der Waals surface area contributed by atoms with Gasteiger partial charge < -0.3 is 33.5 Å². The normalized spacial score (nSPS) is 11.1. The van der Waals surface area contributed by atoms with Gasteiger partial charge in [-0.05, 0) is 42.2 Å². The Kier molecular flexibility index (Phi) is 8.96. The second-order valence-electron chi connectivity index (χ2n) is 10.5. The molecule has 0 aliphatic heterocycles. The molecule has 0 aliphatic carbocycles.